The predicted molar refractivity (Wildman–Crippen MR) is 97.7 cm³/mol. The van der Waals surface area contributed by atoms with Crippen molar-refractivity contribution in [2.45, 2.75) is 26.1 Å². The molecular formula is C17H16F2N4O4S. The highest BCUT2D eigenvalue weighted by Gasteiger charge is 2.38. The minimum Gasteiger partial charge on any atom is -0.476 e. The quantitative estimate of drug-likeness (QED) is 0.579. The summed E-state index contributed by atoms with van der Waals surface area (Å²) in [5, 5.41) is 17.6. The van der Waals surface area contributed by atoms with E-state index in [9.17, 15) is 18.4 Å². The zero-order valence-electron chi connectivity index (χ0n) is 14.8. The van der Waals surface area contributed by atoms with E-state index in [0.717, 1.165) is 29.9 Å². The molecule has 1 aromatic carbocycles. The van der Waals surface area contributed by atoms with Crippen molar-refractivity contribution < 1.29 is 28.2 Å². The summed E-state index contributed by atoms with van der Waals surface area (Å²) in [4.78, 5) is 23.8. The van der Waals surface area contributed by atoms with Crippen molar-refractivity contribution in [3.63, 3.8) is 0 Å². The largest absolute Gasteiger partial charge is 0.476 e. The second-order valence-electron chi connectivity index (χ2n) is 5.94. The molecule has 1 atom stereocenters. The molecule has 1 aliphatic heterocycles. The van der Waals surface area contributed by atoms with Crippen molar-refractivity contribution in [2.75, 3.05) is 10.6 Å². The van der Waals surface area contributed by atoms with Crippen molar-refractivity contribution in [3.05, 3.63) is 53.1 Å². The van der Waals surface area contributed by atoms with Crippen LogP contribution in [0.2, 0.25) is 0 Å². The van der Waals surface area contributed by atoms with Crippen LogP contribution in [0.15, 0.2) is 30.2 Å². The van der Waals surface area contributed by atoms with Crippen molar-refractivity contribution in [1.29, 1.82) is 0 Å². The third-order valence-electron chi connectivity index (χ3n) is 4.03. The van der Waals surface area contributed by atoms with Crippen molar-refractivity contribution in [3.8, 4) is 0 Å². The first kappa shape index (κ1) is 19.5. The monoisotopic (exact) mass is 410 g/mol. The second-order valence-corrected chi connectivity index (χ2v) is 6.71. The van der Waals surface area contributed by atoms with E-state index in [1.165, 1.54) is 6.07 Å². The summed E-state index contributed by atoms with van der Waals surface area (Å²) in [6.45, 7) is 3.37. The lowest BCUT2D eigenvalue weighted by Gasteiger charge is -2.29. The maximum absolute atomic E-state index is 13.4. The number of hydrogen-bond acceptors (Lipinski definition) is 7. The van der Waals surface area contributed by atoms with Gasteiger partial charge in [-0.2, -0.15) is 4.37 Å². The van der Waals surface area contributed by atoms with Gasteiger partial charge in [0, 0.05) is 18.2 Å². The molecule has 11 heteroatoms. The fourth-order valence-corrected chi connectivity index (χ4v) is 3.40. The molecule has 1 aromatic heterocycles. The van der Waals surface area contributed by atoms with E-state index < -0.39 is 29.4 Å². The Morgan fingerprint density at radius 3 is 2.71 bits per heavy atom. The number of nitrogens with one attached hydrogen (secondary N) is 3. The number of nitrogens with zero attached hydrogens (tertiary/aromatic N) is 1. The number of hydrogen-bond donors (Lipinski definition) is 4. The molecule has 2 heterocycles. The highest BCUT2D eigenvalue weighted by Crippen LogP contribution is 2.31. The first-order valence-electron chi connectivity index (χ1n) is 8.15. The molecule has 8 nitrogen and oxygen atoms in total. The number of ether oxygens (including phenoxy) is 1. The number of carboxylic acid groups (broad SMARTS) is 1. The molecule has 0 spiro atoms. The Kier molecular flexibility index (Phi) is 5.18. The lowest BCUT2D eigenvalue weighted by atomic mass is 10.2. The first-order valence-corrected chi connectivity index (χ1v) is 8.92. The number of carboxylic acids is 1. The number of amides is 1. The minimum absolute atomic E-state index is 0.0794. The molecule has 0 aliphatic carbocycles. The molecular weight excluding hydrogens is 394 g/mol. The van der Waals surface area contributed by atoms with Gasteiger partial charge in [-0.1, -0.05) is 6.92 Å². The van der Waals surface area contributed by atoms with E-state index in [2.05, 4.69) is 20.3 Å². The predicted octanol–water partition coefficient (Wildman–Crippen LogP) is 3.00. The number of benzene rings is 1. The Bertz CT molecular complexity index is 978. The van der Waals surface area contributed by atoms with Crippen LogP contribution in [-0.4, -0.2) is 27.2 Å². The van der Waals surface area contributed by atoms with Gasteiger partial charge in [0.25, 0.3) is 11.8 Å². The summed E-state index contributed by atoms with van der Waals surface area (Å²) >= 11 is 0.984. The highest BCUT2D eigenvalue weighted by molar-refractivity contribution is 7.10. The van der Waals surface area contributed by atoms with Gasteiger partial charge in [0.15, 0.2) is 17.3 Å². The lowest BCUT2D eigenvalue weighted by molar-refractivity contribution is -0.133. The molecule has 28 heavy (non-hydrogen) atoms. The van der Waals surface area contributed by atoms with Gasteiger partial charge in [0.05, 0.1) is 11.3 Å². The average Bonchev–Trinajstić information content (AvgIpc) is 3.23. The molecule has 1 aliphatic rings. The summed E-state index contributed by atoms with van der Waals surface area (Å²) in [7, 11) is 0. The van der Waals surface area contributed by atoms with E-state index in [-0.39, 0.29) is 16.9 Å². The van der Waals surface area contributed by atoms with Gasteiger partial charge in [-0.05, 0) is 30.6 Å². The zero-order chi connectivity index (χ0) is 20.5. The Hall–Kier alpha value is -3.21. The minimum atomic E-state index is -1.26. The van der Waals surface area contributed by atoms with E-state index >= 15 is 0 Å². The molecule has 2 aromatic rings. The number of anilines is 2. The maximum atomic E-state index is 13.4. The maximum Gasteiger partial charge on any atom is 0.355 e. The lowest BCUT2D eigenvalue weighted by Crippen LogP contribution is -2.49. The number of carbonyl (C=O) groups excluding carboxylic acids is 1. The van der Waals surface area contributed by atoms with Gasteiger partial charge in [0.2, 0.25) is 0 Å². The van der Waals surface area contributed by atoms with Gasteiger partial charge >= 0.3 is 5.97 Å². The van der Waals surface area contributed by atoms with Gasteiger partial charge < -0.3 is 25.8 Å². The smallest absolute Gasteiger partial charge is 0.355 e. The van der Waals surface area contributed by atoms with E-state index in [1.807, 2.05) is 0 Å². The zero-order valence-corrected chi connectivity index (χ0v) is 15.6. The van der Waals surface area contributed by atoms with Crippen LogP contribution < -0.4 is 16.0 Å². The van der Waals surface area contributed by atoms with Gasteiger partial charge in [-0.3, -0.25) is 4.79 Å². The molecule has 4 N–H and O–H groups in total. The number of aromatic nitrogens is 1. The summed E-state index contributed by atoms with van der Waals surface area (Å²) < 4.78 is 36.0. The number of rotatable bonds is 6. The molecule has 1 unspecified atom stereocenters. The third-order valence-corrected chi connectivity index (χ3v) is 4.88. The van der Waals surface area contributed by atoms with Crippen LogP contribution in [0.1, 0.15) is 29.4 Å². The van der Waals surface area contributed by atoms with Crippen molar-refractivity contribution in [2.24, 2.45) is 0 Å². The average molecular weight is 410 g/mol. The van der Waals surface area contributed by atoms with Crippen molar-refractivity contribution >= 4 is 34.1 Å². The van der Waals surface area contributed by atoms with Crippen LogP contribution in [0, 0.1) is 18.6 Å². The number of aryl methyl sites for hydroxylation is 1. The molecule has 0 fully saturated rings. The van der Waals surface area contributed by atoms with Crippen LogP contribution in [0.4, 0.5) is 19.5 Å². The van der Waals surface area contributed by atoms with Gasteiger partial charge in [0.1, 0.15) is 11.3 Å². The molecule has 0 saturated carbocycles. The van der Waals surface area contributed by atoms with Crippen molar-refractivity contribution in [1.82, 2.24) is 9.69 Å². The SMILES string of the molecule is CCC1(Nc2snc(C)c2C(=O)Nc2ccc(F)c(F)c2)NC(C(=O)O)=CO1. The Labute approximate surface area is 162 Å². The van der Waals surface area contributed by atoms with Crippen LogP contribution in [0.3, 0.4) is 0 Å². The van der Waals surface area contributed by atoms with Gasteiger partial charge in [-0.15, -0.1) is 0 Å². The summed E-state index contributed by atoms with van der Waals surface area (Å²) in [6.07, 6.45) is 1.40. The second kappa shape index (κ2) is 7.43. The molecule has 0 bridgehead atoms. The summed E-state index contributed by atoms with van der Waals surface area (Å²) in [6, 6.07) is 3.01. The Morgan fingerprint density at radius 1 is 1.36 bits per heavy atom. The number of aliphatic carboxylic acids is 1. The van der Waals surface area contributed by atoms with Crippen LogP contribution in [0.25, 0.3) is 0 Å². The third kappa shape index (κ3) is 3.74. The standard InChI is InChI=1S/C17H16F2N4O4S/c1-3-17(21-12(7-27-17)16(25)26)22-15-13(8(2)23-28-15)14(24)20-9-4-5-10(18)11(19)6-9/h4-7,21-22H,3H2,1-2H3,(H,20,24)(H,25,26). The van der Waals surface area contributed by atoms with Crippen LogP contribution >= 0.6 is 11.5 Å². The summed E-state index contributed by atoms with van der Waals surface area (Å²) in [5.74, 6) is -5.14. The van der Waals surface area contributed by atoms with Crippen LogP contribution in [0.5, 0.6) is 0 Å². The fourth-order valence-electron chi connectivity index (χ4n) is 2.53. The summed E-state index contributed by atoms with van der Waals surface area (Å²) in [5.41, 5.74) is 0.527. The Balaban J connectivity index is 1.82. The molecule has 0 saturated heterocycles. The first-order chi connectivity index (χ1) is 13.2. The normalized spacial score (nSPS) is 18.1. The van der Waals surface area contributed by atoms with Gasteiger partial charge in [-0.25, -0.2) is 13.6 Å². The molecule has 3 rings (SSSR count). The Morgan fingerprint density at radius 2 is 2.11 bits per heavy atom. The topological polar surface area (TPSA) is 113 Å². The van der Waals surface area contributed by atoms with Crippen LogP contribution in [-0.2, 0) is 9.53 Å². The van der Waals surface area contributed by atoms with E-state index in [0.29, 0.717) is 17.1 Å². The van der Waals surface area contributed by atoms with E-state index in [1.54, 1.807) is 13.8 Å². The number of carbonyl (C=O) groups is 2. The number of halogens is 2. The highest BCUT2D eigenvalue weighted by atomic mass is 32.1. The molecule has 1 amide bonds. The van der Waals surface area contributed by atoms with E-state index in [4.69, 9.17) is 9.84 Å². The molecule has 0 radical (unpaired) electrons. The fraction of sp³-hybridized carbons (Fsp3) is 0.235. The molecule has 148 valence electrons.